The number of hydrogen-bond donors (Lipinski definition) is 1. The maximum atomic E-state index is 12.7. The lowest BCUT2D eigenvalue weighted by Gasteiger charge is -2.31. The summed E-state index contributed by atoms with van der Waals surface area (Å²) in [7, 11) is 0. The zero-order chi connectivity index (χ0) is 14.7. The van der Waals surface area contributed by atoms with E-state index in [-0.39, 0.29) is 5.92 Å². The zero-order valence-electron chi connectivity index (χ0n) is 12.8. The standard InChI is InChI=1S/C18H26N2O/c19-13-16-7-5-4-6-14(16)12-15-10-11-20(18(15)21)17-8-2-1-3-9-17/h4-7,15,17H,1-3,8-13,19H2. The van der Waals surface area contributed by atoms with Crippen LogP contribution in [-0.2, 0) is 17.8 Å². The SMILES string of the molecule is NCc1ccccc1CC1CCN(C2CCCCC2)C1=O. The number of hydrogen-bond acceptors (Lipinski definition) is 2. The van der Waals surface area contributed by atoms with Crippen LogP contribution in [-0.4, -0.2) is 23.4 Å². The third-order valence-corrected chi connectivity index (χ3v) is 5.17. The normalized spacial score (nSPS) is 23.8. The van der Waals surface area contributed by atoms with Gasteiger partial charge in [0, 0.05) is 25.0 Å². The molecule has 1 amide bonds. The number of amides is 1. The highest BCUT2D eigenvalue weighted by Crippen LogP contribution is 2.30. The first-order valence-electron chi connectivity index (χ1n) is 8.37. The van der Waals surface area contributed by atoms with Crippen LogP contribution in [0.4, 0.5) is 0 Å². The van der Waals surface area contributed by atoms with E-state index in [4.69, 9.17) is 5.73 Å². The van der Waals surface area contributed by atoms with Gasteiger partial charge in [-0.05, 0) is 36.8 Å². The summed E-state index contributed by atoms with van der Waals surface area (Å²) >= 11 is 0. The van der Waals surface area contributed by atoms with Crippen molar-refractivity contribution in [3.05, 3.63) is 35.4 Å². The minimum Gasteiger partial charge on any atom is -0.339 e. The Morgan fingerprint density at radius 3 is 2.48 bits per heavy atom. The molecule has 0 aromatic heterocycles. The summed E-state index contributed by atoms with van der Waals surface area (Å²) in [6.07, 6.45) is 8.19. The lowest BCUT2D eigenvalue weighted by atomic mass is 9.93. The molecule has 1 aromatic carbocycles. The average Bonchev–Trinajstić information content (AvgIpc) is 2.90. The molecule has 3 rings (SSSR count). The largest absolute Gasteiger partial charge is 0.339 e. The number of carbonyl (C=O) groups is 1. The lowest BCUT2D eigenvalue weighted by Crippen LogP contribution is -2.39. The van der Waals surface area contributed by atoms with Gasteiger partial charge in [0.2, 0.25) is 5.91 Å². The summed E-state index contributed by atoms with van der Waals surface area (Å²) in [5.41, 5.74) is 8.24. The van der Waals surface area contributed by atoms with Gasteiger partial charge in [0.1, 0.15) is 0 Å². The molecule has 2 aliphatic rings. The molecule has 1 aliphatic carbocycles. The molecule has 2 N–H and O–H groups in total. The predicted molar refractivity (Wildman–Crippen MR) is 84.7 cm³/mol. The van der Waals surface area contributed by atoms with Crippen molar-refractivity contribution in [1.82, 2.24) is 4.90 Å². The van der Waals surface area contributed by atoms with E-state index < -0.39 is 0 Å². The van der Waals surface area contributed by atoms with Crippen LogP contribution < -0.4 is 5.73 Å². The van der Waals surface area contributed by atoms with Crippen molar-refractivity contribution in [2.24, 2.45) is 11.7 Å². The molecule has 1 saturated carbocycles. The van der Waals surface area contributed by atoms with Gasteiger partial charge >= 0.3 is 0 Å². The highest BCUT2D eigenvalue weighted by atomic mass is 16.2. The summed E-state index contributed by atoms with van der Waals surface area (Å²) in [6, 6.07) is 8.79. The number of rotatable bonds is 4. The molecule has 1 atom stereocenters. The van der Waals surface area contributed by atoms with Gasteiger partial charge in [0.15, 0.2) is 0 Å². The predicted octanol–water partition coefficient (Wildman–Crippen LogP) is 2.87. The van der Waals surface area contributed by atoms with Gasteiger partial charge in [-0.25, -0.2) is 0 Å². The topological polar surface area (TPSA) is 46.3 Å². The summed E-state index contributed by atoms with van der Waals surface area (Å²) in [5.74, 6) is 0.549. The Morgan fingerprint density at radius 2 is 1.76 bits per heavy atom. The van der Waals surface area contributed by atoms with E-state index in [1.54, 1.807) is 0 Å². The maximum Gasteiger partial charge on any atom is 0.226 e. The fraction of sp³-hybridized carbons (Fsp3) is 0.611. The molecular formula is C18H26N2O. The van der Waals surface area contributed by atoms with Gasteiger partial charge in [-0.3, -0.25) is 4.79 Å². The van der Waals surface area contributed by atoms with E-state index in [1.165, 1.54) is 43.2 Å². The van der Waals surface area contributed by atoms with Crippen molar-refractivity contribution in [2.45, 2.75) is 57.5 Å². The van der Waals surface area contributed by atoms with Crippen molar-refractivity contribution in [1.29, 1.82) is 0 Å². The van der Waals surface area contributed by atoms with Gasteiger partial charge in [0.05, 0.1) is 0 Å². The Bertz CT molecular complexity index is 494. The molecule has 1 aromatic rings. The monoisotopic (exact) mass is 286 g/mol. The molecule has 1 aliphatic heterocycles. The van der Waals surface area contributed by atoms with Crippen molar-refractivity contribution in [3.63, 3.8) is 0 Å². The molecule has 0 radical (unpaired) electrons. The molecule has 3 heteroatoms. The van der Waals surface area contributed by atoms with Gasteiger partial charge in [0.25, 0.3) is 0 Å². The zero-order valence-corrected chi connectivity index (χ0v) is 12.8. The number of nitrogens with zero attached hydrogens (tertiary/aromatic N) is 1. The summed E-state index contributed by atoms with van der Waals surface area (Å²) in [4.78, 5) is 14.9. The van der Waals surface area contributed by atoms with Crippen molar-refractivity contribution >= 4 is 5.91 Å². The van der Waals surface area contributed by atoms with Gasteiger partial charge in [-0.2, -0.15) is 0 Å². The second kappa shape index (κ2) is 6.61. The molecule has 1 heterocycles. The van der Waals surface area contributed by atoms with Crippen LogP contribution in [0.25, 0.3) is 0 Å². The second-order valence-electron chi connectivity index (χ2n) is 6.49. The molecule has 114 valence electrons. The first kappa shape index (κ1) is 14.6. The van der Waals surface area contributed by atoms with E-state index in [1.807, 2.05) is 12.1 Å². The molecule has 0 spiro atoms. The van der Waals surface area contributed by atoms with E-state index in [0.717, 1.165) is 19.4 Å². The summed E-state index contributed by atoms with van der Waals surface area (Å²) in [5, 5.41) is 0. The Balaban J connectivity index is 1.66. The highest BCUT2D eigenvalue weighted by Gasteiger charge is 2.36. The molecule has 1 unspecified atom stereocenters. The Labute approximate surface area is 127 Å². The van der Waals surface area contributed by atoms with Crippen LogP contribution in [0.1, 0.15) is 49.7 Å². The van der Waals surface area contributed by atoms with Crippen molar-refractivity contribution < 1.29 is 4.79 Å². The first-order chi connectivity index (χ1) is 10.3. The van der Waals surface area contributed by atoms with E-state index in [0.29, 0.717) is 18.5 Å². The van der Waals surface area contributed by atoms with Gasteiger partial charge in [-0.1, -0.05) is 43.5 Å². The molecule has 3 nitrogen and oxygen atoms in total. The Hall–Kier alpha value is -1.35. The number of carbonyl (C=O) groups excluding carboxylic acids is 1. The second-order valence-corrected chi connectivity index (χ2v) is 6.49. The summed E-state index contributed by atoms with van der Waals surface area (Å²) < 4.78 is 0. The van der Waals surface area contributed by atoms with Crippen LogP contribution in [0, 0.1) is 5.92 Å². The lowest BCUT2D eigenvalue weighted by molar-refractivity contribution is -0.133. The Kier molecular flexibility index (Phi) is 4.59. The van der Waals surface area contributed by atoms with Crippen molar-refractivity contribution in [2.75, 3.05) is 6.54 Å². The molecule has 2 fully saturated rings. The molecule has 21 heavy (non-hydrogen) atoms. The van der Waals surface area contributed by atoms with Crippen LogP contribution in [0.5, 0.6) is 0 Å². The van der Waals surface area contributed by atoms with Crippen LogP contribution in [0.15, 0.2) is 24.3 Å². The maximum absolute atomic E-state index is 12.7. The third kappa shape index (κ3) is 3.13. The minimum atomic E-state index is 0.166. The molecular weight excluding hydrogens is 260 g/mol. The average molecular weight is 286 g/mol. The van der Waals surface area contributed by atoms with E-state index in [9.17, 15) is 4.79 Å². The summed E-state index contributed by atoms with van der Waals surface area (Å²) in [6.45, 7) is 1.52. The van der Waals surface area contributed by atoms with Gasteiger partial charge in [-0.15, -0.1) is 0 Å². The first-order valence-corrected chi connectivity index (χ1v) is 8.37. The highest BCUT2D eigenvalue weighted by molar-refractivity contribution is 5.81. The van der Waals surface area contributed by atoms with E-state index in [2.05, 4.69) is 17.0 Å². The van der Waals surface area contributed by atoms with Gasteiger partial charge < -0.3 is 10.6 Å². The molecule has 0 bridgehead atoms. The van der Waals surface area contributed by atoms with Crippen LogP contribution >= 0.6 is 0 Å². The molecule has 1 saturated heterocycles. The fourth-order valence-electron chi connectivity index (χ4n) is 3.93. The van der Waals surface area contributed by atoms with E-state index >= 15 is 0 Å². The quantitative estimate of drug-likeness (QED) is 0.925. The number of likely N-dealkylation sites (tertiary alicyclic amines) is 1. The number of benzene rings is 1. The third-order valence-electron chi connectivity index (χ3n) is 5.17. The Morgan fingerprint density at radius 1 is 1.05 bits per heavy atom. The van der Waals surface area contributed by atoms with Crippen molar-refractivity contribution in [3.8, 4) is 0 Å². The van der Waals surface area contributed by atoms with Crippen LogP contribution in [0.3, 0.4) is 0 Å². The van der Waals surface area contributed by atoms with Crippen LogP contribution in [0.2, 0.25) is 0 Å². The minimum absolute atomic E-state index is 0.166. The fourth-order valence-corrected chi connectivity index (χ4v) is 3.93. The number of nitrogens with two attached hydrogens (primary N) is 1. The smallest absolute Gasteiger partial charge is 0.226 e.